The highest BCUT2D eigenvalue weighted by Gasteiger charge is 2.15. The SMILES string of the molecule is CCC(NC(=O)CCc1cccnc1)c1ccnn1C. The zero-order valence-corrected chi connectivity index (χ0v) is 11.9. The molecule has 5 heteroatoms. The molecule has 0 aliphatic rings. The molecule has 2 rings (SSSR count). The molecule has 0 aliphatic heterocycles. The largest absolute Gasteiger partial charge is 0.348 e. The van der Waals surface area contributed by atoms with Gasteiger partial charge >= 0.3 is 0 Å². The summed E-state index contributed by atoms with van der Waals surface area (Å²) < 4.78 is 1.80. The summed E-state index contributed by atoms with van der Waals surface area (Å²) in [5.74, 6) is 0.0573. The quantitative estimate of drug-likeness (QED) is 0.875. The molecule has 0 saturated heterocycles. The summed E-state index contributed by atoms with van der Waals surface area (Å²) in [4.78, 5) is 16.1. The number of hydrogen-bond donors (Lipinski definition) is 1. The van der Waals surface area contributed by atoms with Crippen LogP contribution in [0.5, 0.6) is 0 Å². The minimum Gasteiger partial charge on any atom is -0.348 e. The summed E-state index contributed by atoms with van der Waals surface area (Å²) >= 11 is 0. The molecule has 1 atom stereocenters. The normalized spacial score (nSPS) is 12.1. The van der Waals surface area contributed by atoms with Gasteiger partial charge in [-0.1, -0.05) is 13.0 Å². The van der Waals surface area contributed by atoms with Gasteiger partial charge in [-0.3, -0.25) is 14.5 Å². The molecule has 2 heterocycles. The average Bonchev–Trinajstić information content (AvgIpc) is 2.90. The van der Waals surface area contributed by atoms with E-state index in [1.54, 1.807) is 23.3 Å². The molecule has 2 aromatic rings. The third kappa shape index (κ3) is 3.66. The molecule has 0 aromatic carbocycles. The van der Waals surface area contributed by atoms with E-state index in [-0.39, 0.29) is 11.9 Å². The Balaban J connectivity index is 1.88. The monoisotopic (exact) mass is 272 g/mol. The number of nitrogens with one attached hydrogen (secondary N) is 1. The maximum Gasteiger partial charge on any atom is 0.220 e. The van der Waals surface area contributed by atoms with Crippen LogP contribution in [-0.4, -0.2) is 20.7 Å². The minimum atomic E-state index is 0.0175. The lowest BCUT2D eigenvalue weighted by Crippen LogP contribution is -2.29. The highest BCUT2D eigenvalue weighted by molar-refractivity contribution is 5.76. The Hall–Kier alpha value is -2.17. The van der Waals surface area contributed by atoms with Gasteiger partial charge in [0.15, 0.2) is 0 Å². The highest BCUT2D eigenvalue weighted by atomic mass is 16.1. The predicted octanol–water partition coefficient (Wildman–Crippen LogP) is 2.02. The number of aryl methyl sites for hydroxylation is 2. The Morgan fingerprint density at radius 2 is 2.25 bits per heavy atom. The number of aromatic nitrogens is 3. The lowest BCUT2D eigenvalue weighted by molar-refractivity contribution is -0.121. The number of hydrogen-bond acceptors (Lipinski definition) is 3. The van der Waals surface area contributed by atoms with E-state index >= 15 is 0 Å². The summed E-state index contributed by atoms with van der Waals surface area (Å²) in [6.07, 6.45) is 7.31. The molecule has 5 nitrogen and oxygen atoms in total. The molecule has 0 bridgehead atoms. The standard InChI is InChI=1S/C15H20N4O/c1-3-13(14-8-10-17-19(14)2)18-15(20)7-6-12-5-4-9-16-11-12/h4-5,8-11,13H,3,6-7H2,1-2H3,(H,18,20). The summed E-state index contributed by atoms with van der Waals surface area (Å²) in [6.45, 7) is 2.05. The van der Waals surface area contributed by atoms with Crippen LogP contribution in [0.15, 0.2) is 36.8 Å². The maximum absolute atomic E-state index is 12.0. The topological polar surface area (TPSA) is 59.8 Å². The van der Waals surface area contributed by atoms with Crippen molar-refractivity contribution >= 4 is 5.91 Å². The average molecular weight is 272 g/mol. The van der Waals surface area contributed by atoms with Gasteiger partial charge in [0.1, 0.15) is 0 Å². The summed E-state index contributed by atoms with van der Waals surface area (Å²) in [5, 5.41) is 7.20. The van der Waals surface area contributed by atoms with Crippen molar-refractivity contribution in [2.75, 3.05) is 0 Å². The van der Waals surface area contributed by atoms with E-state index in [2.05, 4.69) is 22.3 Å². The molecule has 0 radical (unpaired) electrons. The predicted molar refractivity (Wildman–Crippen MR) is 76.9 cm³/mol. The molecule has 2 aromatic heterocycles. The molecule has 0 aliphatic carbocycles. The van der Waals surface area contributed by atoms with Crippen LogP contribution >= 0.6 is 0 Å². The lowest BCUT2D eigenvalue weighted by atomic mass is 10.1. The molecular formula is C15H20N4O. The first kappa shape index (κ1) is 14.2. The van der Waals surface area contributed by atoms with Crippen molar-refractivity contribution in [1.82, 2.24) is 20.1 Å². The zero-order valence-electron chi connectivity index (χ0n) is 11.9. The summed E-state index contributed by atoms with van der Waals surface area (Å²) in [7, 11) is 1.89. The Kier molecular flexibility index (Phi) is 4.87. The Morgan fingerprint density at radius 3 is 2.85 bits per heavy atom. The number of carbonyl (C=O) groups excluding carboxylic acids is 1. The second kappa shape index (κ2) is 6.84. The van der Waals surface area contributed by atoms with Gasteiger partial charge in [-0.25, -0.2) is 0 Å². The van der Waals surface area contributed by atoms with Crippen molar-refractivity contribution < 1.29 is 4.79 Å². The van der Waals surface area contributed by atoms with Gasteiger partial charge in [-0.05, 0) is 30.5 Å². The van der Waals surface area contributed by atoms with Gasteiger partial charge in [0, 0.05) is 32.1 Å². The fourth-order valence-electron chi connectivity index (χ4n) is 2.18. The van der Waals surface area contributed by atoms with Gasteiger partial charge < -0.3 is 5.32 Å². The van der Waals surface area contributed by atoms with Gasteiger partial charge in [-0.15, -0.1) is 0 Å². The van der Waals surface area contributed by atoms with Gasteiger partial charge in [0.2, 0.25) is 5.91 Å². The van der Waals surface area contributed by atoms with Gasteiger partial charge in [0.25, 0.3) is 0 Å². The lowest BCUT2D eigenvalue weighted by Gasteiger charge is -2.17. The van der Waals surface area contributed by atoms with Crippen LogP contribution < -0.4 is 5.32 Å². The van der Waals surface area contributed by atoms with Crippen molar-refractivity contribution in [3.63, 3.8) is 0 Å². The van der Waals surface area contributed by atoms with E-state index < -0.39 is 0 Å². The fraction of sp³-hybridized carbons (Fsp3) is 0.400. The molecule has 0 spiro atoms. The smallest absolute Gasteiger partial charge is 0.220 e. The summed E-state index contributed by atoms with van der Waals surface area (Å²) in [5.41, 5.74) is 2.11. The van der Waals surface area contributed by atoms with E-state index in [1.807, 2.05) is 25.2 Å². The summed E-state index contributed by atoms with van der Waals surface area (Å²) in [6, 6.07) is 5.83. The molecule has 0 saturated carbocycles. The van der Waals surface area contributed by atoms with E-state index in [9.17, 15) is 4.79 Å². The molecular weight excluding hydrogens is 252 g/mol. The number of rotatable bonds is 6. The third-order valence-electron chi connectivity index (χ3n) is 3.32. The van der Waals surface area contributed by atoms with Crippen LogP contribution in [0, 0.1) is 0 Å². The number of carbonyl (C=O) groups is 1. The Bertz CT molecular complexity index is 550. The third-order valence-corrected chi connectivity index (χ3v) is 3.32. The highest BCUT2D eigenvalue weighted by Crippen LogP contribution is 2.15. The molecule has 1 N–H and O–H groups in total. The van der Waals surface area contributed by atoms with Crippen molar-refractivity contribution in [2.24, 2.45) is 7.05 Å². The van der Waals surface area contributed by atoms with Crippen molar-refractivity contribution in [3.8, 4) is 0 Å². The van der Waals surface area contributed by atoms with Crippen LogP contribution in [0.4, 0.5) is 0 Å². The number of amides is 1. The van der Waals surface area contributed by atoms with Gasteiger partial charge in [0.05, 0.1) is 11.7 Å². The number of pyridine rings is 1. The maximum atomic E-state index is 12.0. The minimum absolute atomic E-state index is 0.0175. The van der Waals surface area contributed by atoms with Gasteiger partial charge in [-0.2, -0.15) is 5.10 Å². The first-order valence-corrected chi connectivity index (χ1v) is 6.87. The van der Waals surface area contributed by atoms with Crippen LogP contribution in [0.2, 0.25) is 0 Å². The van der Waals surface area contributed by atoms with Crippen LogP contribution in [0.25, 0.3) is 0 Å². The van der Waals surface area contributed by atoms with Crippen LogP contribution in [-0.2, 0) is 18.3 Å². The molecule has 1 unspecified atom stereocenters. The van der Waals surface area contributed by atoms with Crippen molar-refractivity contribution in [1.29, 1.82) is 0 Å². The Morgan fingerprint density at radius 1 is 1.40 bits per heavy atom. The van der Waals surface area contributed by atoms with E-state index in [0.29, 0.717) is 12.8 Å². The van der Waals surface area contributed by atoms with E-state index in [1.165, 1.54) is 0 Å². The fourth-order valence-corrected chi connectivity index (χ4v) is 2.18. The van der Waals surface area contributed by atoms with Crippen LogP contribution in [0.3, 0.4) is 0 Å². The second-order valence-electron chi connectivity index (χ2n) is 4.77. The molecule has 106 valence electrons. The zero-order chi connectivity index (χ0) is 14.4. The Labute approximate surface area is 119 Å². The number of nitrogens with zero attached hydrogens (tertiary/aromatic N) is 3. The van der Waals surface area contributed by atoms with Crippen molar-refractivity contribution in [3.05, 3.63) is 48.0 Å². The molecule has 1 amide bonds. The first-order chi connectivity index (χ1) is 9.70. The second-order valence-corrected chi connectivity index (χ2v) is 4.77. The van der Waals surface area contributed by atoms with E-state index in [4.69, 9.17) is 0 Å². The van der Waals surface area contributed by atoms with Crippen LogP contribution in [0.1, 0.15) is 37.1 Å². The molecule has 20 heavy (non-hydrogen) atoms. The first-order valence-electron chi connectivity index (χ1n) is 6.87. The molecule has 0 fully saturated rings. The van der Waals surface area contributed by atoms with E-state index in [0.717, 1.165) is 17.7 Å². The van der Waals surface area contributed by atoms with Crippen molar-refractivity contribution in [2.45, 2.75) is 32.2 Å².